The summed E-state index contributed by atoms with van der Waals surface area (Å²) in [6.07, 6.45) is 2.90. The number of carboxylic acid groups (broad SMARTS) is 1. The third-order valence-electron chi connectivity index (χ3n) is 6.38. The van der Waals surface area contributed by atoms with E-state index in [1.807, 2.05) is 29.3 Å². The van der Waals surface area contributed by atoms with Crippen molar-refractivity contribution in [1.29, 1.82) is 0 Å². The van der Waals surface area contributed by atoms with E-state index in [2.05, 4.69) is 10.1 Å². The molecule has 10 nitrogen and oxygen atoms in total. The highest BCUT2D eigenvalue weighted by atomic mass is 35.5. The van der Waals surface area contributed by atoms with E-state index in [4.69, 9.17) is 11.6 Å². The molecule has 3 heterocycles. The molecule has 2 saturated heterocycles. The minimum Gasteiger partial charge on any atom is -0.480 e. The highest BCUT2D eigenvalue weighted by Crippen LogP contribution is 2.26. The first-order valence-electron chi connectivity index (χ1n) is 11.4. The Balaban J connectivity index is 1.33. The first kappa shape index (κ1) is 24.3. The second kappa shape index (κ2) is 9.57. The van der Waals surface area contributed by atoms with Gasteiger partial charge in [0.25, 0.3) is 10.0 Å². The van der Waals surface area contributed by atoms with Crippen molar-refractivity contribution < 1.29 is 23.1 Å². The van der Waals surface area contributed by atoms with E-state index >= 15 is 0 Å². The van der Waals surface area contributed by atoms with Crippen molar-refractivity contribution in [2.24, 2.45) is 5.10 Å². The van der Waals surface area contributed by atoms with Gasteiger partial charge in [0.05, 0.1) is 12.8 Å². The van der Waals surface area contributed by atoms with Crippen LogP contribution in [0.2, 0.25) is 5.02 Å². The summed E-state index contributed by atoms with van der Waals surface area (Å²) in [5.41, 5.74) is 2.19. The van der Waals surface area contributed by atoms with E-state index in [0.29, 0.717) is 15.9 Å². The molecular weight excluding hydrogens is 506 g/mol. The SMILES string of the molecule is O=C(O)[C@H]1CN(S(=O)(=O)c2cc3cc(Cl)ccc3[nH]2)CC(=O)N1Cc1ccc(C=NN2CCC2)cc1. The maximum Gasteiger partial charge on any atom is 0.327 e. The number of aromatic amines is 1. The number of sulfonamides is 1. The third-order valence-corrected chi connectivity index (χ3v) is 8.35. The van der Waals surface area contributed by atoms with Gasteiger partial charge in [-0.15, -0.1) is 0 Å². The molecular formula is C24H24ClN5O5S. The number of carboxylic acids is 1. The topological polar surface area (TPSA) is 126 Å². The Morgan fingerprint density at radius 2 is 1.92 bits per heavy atom. The average Bonchev–Trinajstić information content (AvgIpc) is 3.24. The molecule has 0 aliphatic carbocycles. The maximum absolute atomic E-state index is 13.3. The monoisotopic (exact) mass is 529 g/mol. The molecule has 188 valence electrons. The minimum atomic E-state index is -4.14. The van der Waals surface area contributed by atoms with E-state index < -0.39 is 34.5 Å². The maximum atomic E-state index is 13.3. The van der Waals surface area contributed by atoms with Gasteiger partial charge in [0.15, 0.2) is 0 Å². The Morgan fingerprint density at radius 1 is 1.17 bits per heavy atom. The number of nitrogens with zero attached hydrogens (tertiary/aromatic N) is 4. The van der Waals surface area contributed by atoms with Crippen molar-refractivity contribution in [3.63, 3.8) is 0 Å². The number of piperazine rings is 1. The number of carbonyl (C=O) groups is 2. The number of H-pyrrole nitrogens is 1. The summed E-state index contributed by atoms with van der Waals surface area (Å²) in [5, 5.41) is 17.1. The summed E-state index contributed by atoms with van der Waals surface area (Å²) in [4.78, 5) is 29.1. The van der Waals surface area contributed by atoms with Crippen LogP contribution in [0.5, 0.6) is 0 Å². The zero-order valence-corrected chi connectivity index (χ0v) is 20.7. The van der Waals surface area contributed by atoms with Gasteiger partial charge in [-0.2, -0.15) is 9.41 Å². The third kappa shape index (κ3) is 4.81. The van der Waals surface area contributed by atoms with E-state index in [0.717, 1.165) is 34.9 Å². The Kier molecular flexibility index (Phi) is 6.45. The van der Waals surface area contributed by atoms with Crippen LogP contribution in [0.25, 0.3) is 10.9 Å². The van der Waals surface area contributed by atoms with E-state index in [1.165, 1.54) is 11.0 Å². The lowest BCUT2D eigenvalue weighted by Gasteiger charge is -2.38. The van der Waals surface area contributed by atoms with Gasteiger partial charge in [0.1, 0.15) is 11.1 Å². The molecule has 0 radical (unpaired) electrons. The molecule has 0 spiro atoms. The van der Waals surface area contributed by atoms with Crippen LogP contribution in [0.3, 0.4) is 0 Å². The van der Waals surface area contributed by atoms with Crippen LogP contribution in [0.15, 0.2) is 58.7 Å². The highest BCUT2D eigenvalue weighted by Gasteiger charge is 2.42. The molecule has 2 aliphatic heterocycles. The van der Waals surface area contributed by atoms with Crippen LogP contribution in [0.4, 0.5) is 0 Å². The summed E-state index contributed by atoms with van der Waals surface area (Å²) >= 11 is 5.99. The fourth-order valence-corrected chi connectivity index (χ4v) is 5.78. The highest BCUT2D eigenvalue weighted by molar-refractivity contribution is 7.89. The number of hydrogen-bond acceptors (Lipinski definition) is 6. The van der Waals surface area contributed by atoms with E-state index in [9.17, 15) is 23.1 Å². The summed E-state index contributed by atoms with van der Waals surface area (Å²) in [7, 11) is -4.14. The molecule has 36 heavy (non-hydrogen) atoms. The number of hydrazone groups is 1. The molecule has 2 N–H and O–H groups in total. The molecule has 2 fully saturated rings. The lowest BCUT2D eigenvalue weighted by molar-refractivity contribution is -0.154. The largest absolute Gasteiger partial charge is 0.480 e. The summed E-state index contributed by atoms with van der Waals surface area (Å²) in [6.45, 7) is 1.13. The molecule has 3 aromatic rings. The van der Waals surface area contributed by atoms with Crippen LogP contribution in [0.1, 0.15) is 17.5 Å². The lowest BCUT2D eigenvalue weighted by atomic mass is 10.1. The number of benzene rings is 2. The van der Waals surface area contributed by atoms with Gasteiger partial charge in [-0.1, -0.05) is 35.9 Å². The molecule has 0 saturated carbocycles. The molecule has 0 bridgehead atoms. The standard InChI is InChI=1S/C24H24ClN5O5S/c25-19-6-7-20-18(10-19)11-22(27-20)36(34,35)29-14-21(24(32)33)30(23(31)15-29)13-17-4-2-16(3-5-17)12-26-28-8-1-9-28/h2-7,10-12,21,27H,1,8-9,13-15H2,(H,32,33)/t21-/m1/s1. The Hall–Kier alpha value is -3.41. The second-order valence-corrected chi connectivity index (χ2v) is 11.2. The van der Waals surface area contributed by atoms with Gasteiger partial charge in [0, 0.05) is 42.1 Å². The summed E-state index contributed by atoms with van der Waals surface area (Å²) in [6, 6.07) is 12.3. The van der Waals surface area contributed by atoms with Crippen LogP contribution < -0.4 is 0 Å². The number of carbonyl (C=O) groups excluding carboxylic acids is 1. The Bertz CT molecular complexity index is 1450. The van der Waals surface area contributed by atoms with Crippen molar-refractivity contribution in [2.45, 2.75) is 24.0 Å². The predicted octanol–water partition coefficient (Wildman–Crippen LogP) is 2.35. The number of rotatable bonds is 7. The van der Waals surface area contributed by atoms with E-state index in [1.54, 1.807) is 24.4 Å². The first-order valence-corrected chi connectivity index (χ1v) is 13.2. The lowest BCUT2D eigenvalue weighted by Crippen LogP contribution is -2.60. The Labute approximate surface area is 212 Å². The van der Waals surface area contributed by atoms with Gasteiger partial charge in [-0.25, -0.2) is 13.2 Å². The number of nitrogens with one attached hydrogen (secondary N) is 1. The van der Waals surface area contributed by atoms with Crippen LogP contribution >= 0.6 is 11.6 Å². The van der Waals surface area contributed by atoms with Gasteiger partial charge >= 0.3 is 5.97 Å². The normalized spacial score (nSPS) is 19.2. The smallest absolute Gasteiger partial charge is 0.327 e. The number of halogens is 1. The minimum absolute atomic E-state index is 0.0537. The van der Waals surface area contributed by atoms with Crippen molar-refractivity contribution in [3.05, 3.63) is 64.7 Å². The molecule has 12 heteroatoms. The molecule has 2 aliphatic rings. The summed E-state index contributed by atoms with van der Waals surface area (Å²) in [5.74, 6) is -1.86. The average molecular weight is 530 g/mol. The van der Waals surface area contributed by atoms with Crippen molar-refractivity contribution >= 4 is 50.6 Å². The number of fused-ring (bicyclic) bond motifs is 1. The fraction of sp³-hybridized carbons (Fsp3) is 0.292. The molecule has 2 aromatic carbocycles. The van der Waals surface area contributed by atoms with Crippen LogP contribution in [-0.2, 0) is 26.2 Å². The molecule has 1 amide bonds. The van der Waals surface area contributed by atoms with Gasteiger partial charge in [0.2, 0.25) is 5.91 Å². The quantitative estimate of drug-likeness (QED) is 0.452. The zero-order chi connectivity index (χ0) is 25.4. The van der Waals surface area contributed by atoms with Gasteiger partial charge in [-0.3, -0.25) is 9.80 Å². The van der Waals surface area contributed by atoms with Gasteiger partial charge in [-0.05, 0) is 41.8 Å². The Morgan fingerprint density at radius 3 is 2.58 bits per heavy atom. The second-order valence-electron chi connectivity index (χ2n) is 8.83. The van der Waals surface area contributed by atoms with E-state index in [-0.39, 0.29) is 18.1 Å². The molecule has 1 atom stereocenters. The summed E-state index contributed by atoms with van der Waals surface area (Å²) < 4.78 is 27.5. The van der Waals surface area contributed by atoms with Crippen molar-refractivity contribution in [2.75, 3.05) is 26.2 Å². The van der Waals surface area contributed by atoms with Crippen LogP contribution in [0, 0.1) is 0 Å². The zero-order valence-electron chi connectivity index (χ0n) is 19.2. The number of aliphatic carboxylic acids is 1. The number of amides is 1. The fourth-order valence-electron chi connectivity index (χ4n) is 4.19. The van der Waals surface area contributed by atoms with Crippen molar-refractivity contribution in [1.82, 2.24) is 19.2 Å². The first-order chi connectivity index (χ1) is 17.2. The van der Waals surface area contributed by atoms with Crippen molar-refractivity contribution in [3.8, 4) is 0 Å². The van der Waals surface area contributed by atoms with Crippen LogP contribution in [-0.4, -0.2) is 83.0 Å². The molecule has 1 aromatic heterocycles. The number of hydrogen-bond donors (Lipinski definition) is 2. The van der Waals surface area contributed by atoms with Gasteiger partial charge < -0.3 is 15.0 Å². The molecule has 0 unspecified atom stereocenters. The number of aromatic nitrogens is 1. The molecule has 5 rings (SSSR count). The predicted molar refractivity (Wildman–Crippen MR) is 134 cm³/mol.